The first-order valence-electron chi connectivity index (χ1n) is 8.36. The molecule has 0 spiro atoms. The van der Waals surface area contributed by atoms with Crippen molar-refractivity contribution in [2.24, 2.45) is 0 Å². The van der Waals surface area contributed by atoms with Gasteiger partial charge >= 0.3 is 0 Å². The van der Waals surface area contributed by atoms with Crippen molar-refractivity contribution in [2.75, 3.05) is 19.7 Å². The Bertz CT molecular complexity index is 727. The van der Waals surface area contributed by atoms with E-state index < -0.39 is 5.82 Å². The van der Waals surface area contributed by atoms with E-state index in [0.717, 1.165) is 19.5 Å². The van der Waals surface area contributed by atoms with Gasteiger partial charge in [0.15, 0.2) is 0 Å². The number of nitrogens with one attached hydrogen (secondary N) is 1. The molecule has 128 valence electrons. The number of halogens is 1. The second kappa shape index (κ2) is 7.57. The zero-order valence-electron chi connectivity index (χ0n) is 13.8. The third-order valence-corrected chi connectivity index (χ3v) is 4.44. The van der Waals surface area contributed by atoms with Crippen LogP contribution in [-0.4, -0.2) is 40.8 Å². The van der Waals surface area contributed by atoms with Crippen LogP contribution in [-0.2, 0) is 0 Å². The van der Waals surface area contributed by atoms with Gasteiger partial charge in [-0.05, 0) is 50.9 Å². The minimum atomic E-state index is -0.416. The molecule has 1 aromatic carbocycles. The number of ether oxygens (including phenoxy) is 1. The minimum absolute atomic E-state index is 0.313. The van der Waals surface area contributed by atoms with Crippen LogP contribution in [0, 0.1) is 5.82 Å². The lowest BCUT2D eigenvalue weighted by molar-refractivity contribution is 0.230. The normalized spacial score (nSPS) is 18.0. The van der Waals surface area contributed by atoms with Crippen molar-refractivity contribution in [1.82, 2.24) is 15.1 Å². The summed E-state index contributed by atoms with van der Waals surface area (Å²) in [6.45, 7) is 5.01. The van der Waals surface area contributed by atoms with E-state index in [1.165, 1.54) is 31.0 Å². The first kappa shape index (κ1) is 16.6. The molecule has 1 aliphatic heterocycles. The highest BCUT2D eigenvalue weighted by molar-refractivity contribution is 5.60. The molecular weight excluding hydrogens is 309 g/mol. The summed E-state index contributed by atoms with van der Waals surface area (Å²) in [6.07, 6.45) is 3.47. The Hall–Kier alpha value is -2.21. The second-order valence-corrected chi connectivity index (χ2v) is 6.18. The van der Waals surface area contributed by atoms with Gasteiger partial charge < -0.3 is 9.64 Å². The number of hydrogen-bond acceptors (Lipinski definition) is 4. The Morgan fingerprint density at radius 3 is 2.92 bits per heavy atom. The first-order chi connectivity index (χ1) is 11.6. The third-order valence-electron chi connectivity index (χ3n) is 4.44. The molecule has 1 aliphatic rings. The lowest BCUT2D eigenvalue weighted by Crippen LogP contribution is -2.28. The van der Waals surface area contributed by atoms with E-state index in [4.69, 9.17) is 4.74 Å². The number of likely N-dealkylation sites (tertiary alicyclic amines) is 1. The number of H-pyrrole nitrogens is 1. The van der Waals surface area contributed by atoms with Gasteiger partial charge in [-0.15, -0.1) is 0 Å². The Kier molecular flexibility index (Phi) is 5.25. The van der Waals surface area contributed by atoms with Gasteiger partial charge in [0.1, 0.15) is 11.6 Å². The average Bonchev–Trinajstić information content (AvgIpc) is 2.98. The highest BCUT2D eigenvalue weighted by Crippen LogP contribution is 2.24. The van der Waals surface area contributed by atoms with Crippen LogP contribution in [0.4, 0.5) is 4.39 Å². The molecular formula is C18H22FN3O2. The van der Waals surface area contributed by atoms with E-state index in [1.807, 2.05) is 0 Å². The number of aromatic amines is 1. The van der Waals surface area contributed by atoms with Crippen molar-refractivity contribution in [3.8, 4) is 17.0 Å². The Labute approximate surface area is 140 Å². The number of rotatable bonds is 6. The lowest BCUT2D eigenvalue weighted by atomic mass is 10.1. The summed E-state index contributed by atoms with van der Waals surface area (Å²) in [5.41, 5.74) is 0.414. The summed E-state index contributed by atoms with van der Waals surface area (Å²) in [7, 11) is 0. The predicted molar refractivity (Wildman–Crippen MR) is 90.6 cm³/mol. The molecule has 1 atom stereocenters. The van der Waals surface area contributed by atoms with E-state index in [-0.39, 0.29) is 5.56 Å². The van der Waals surface area contributed by atoms with E-state index in [0.29, 0.717) is 29.7 Å². The van der Waals surface area contributed by atoms with Crippen LogP contribution in [0.25, 0.3) is 11.3 Å². The topological polar surface area (TPSA) is 58.2 Å². The zero-order valence-corrected chi connectivity index (χ0v) is 13.8. The molecule has 6 heteroatoms. The van der Waals surface area contributed by atoms with Gasteiger partial charge in [-0.1, -0.05) is 0 Å². The fourth-order valence-electron chi connectivity index (χ4n) is 3.07. The van der Waals surface area contributed by atoms with Crippen molar-refractivity contribution < 1.29 is 9.13 Å². The van der Waals surface area contributed by atoms with Gasteiger partial charge in [0, 0.05) is 30.3 Å². The number of hydrogen-bond donors (Lipinski definition) is 1. The fraction of sp³-hybridized carbons (Fsp3) is 0.444. The first-order valence-corrected chi connectivity index (χ1v) is 8.36. The molecule has 24 heavy (non-hydrogen) atoms. The van der Waals surface area contributed by atoms with Crippen LogP contribution >= 0.6 is 0 Å². The molecule has 1 N–H and O–H groups in total. The molecule has 0 saturated carbocycles. The number of nitrogens with zero attached hydrogens (tertiary/aromatic N) is 2. The molecule has 2 aromatic rings. The van der Waals surface area contributed by atoms with Gasteiger partial charge in [-0.2, -0.15) is 5.10 Å². The molecule has 0 aliphatic carbocycles. The summed E-state index contributed by atoms with van der Waals surface area (Å²) in [5, 5.41) is 6.15. The summed E-state index contributed by atoms with van der Waals surface area (Å²) < 4.78 is 19.9. The standard InChI is InChI=1S/C18H22FN3O2/c1-13-4-2-9-22(13)10-3-11-24-14-5-6-15(16(19)12-14)17-7-8-18(23)21-20-17/h5-8,12-13H,2-4,9-11H2,1H3,(H,21,23). The van der Waals surface area contributed by atoms with Crippen molar-refractivity contribution in [2.45, 2.75) is 32.2 Å². The van der Waals surface area contributed by atoms with Gasteiger partial charge in [0.2, 0.25) is 0 Å². The van der Waals surface area contributed by atoms with Crippen LogP contribution in [0.2, 0.25) is 0 Å². The number of aromatic nitrogens is 2. The molecule has 0 amide bonds. The van der Waals surface area contributed by atoms with Crippen LogP contribution in [0.1, 0.15) is 26.2 Å². The van der Waals surface area contributed by atoms with E-state index in [2.05, 4.69) is 22.0 Å². The SMILES string of the molecule is CC1CCCN1CCCOc1ccc(-c2ccc(=O)[nH]n2)c(F)c1. The van der Waals surface area contributed by atoms with Crippen LogP contribution < -0.4 is 10.3 Å². The third kappa shape index (κ3) is 4.00. The fourth-order valence-corrected chi connectivity index (χ4v) is 3.07. The van der Waals surface area contributed by atoms with Gasteiger partial charge in [-0.25, -0.2) is 9.49 Å². The van der Waals surface area contributed by atoms with E-state index >= 15 is 0 Å². The predicted octanol–water partition coefficient (Wildman–Crippen LogP) is 2.83. The Morgan fingerprint density at radius 1 is 1.38 bits per heavy atom. The average molecular weight is 331 g/mol. The maximum atomic E-state index is 14.2. The van der Waals surface area contributed by atoms with E-state index in [1.54, 1.807) is 12.1 Å². The van der Waals surface area contributed by atoms with Crippen LogP contribution in [0.15, 0.2) is 35.1 Å². The Balaban J connectivity index is 1.54. The molecule has 5 nitrogen and oxygen atoms in total. The monoisotopic (exact) mass is 331 g/mol. The quantitative estimate of drug-likeness (QED) is 0.827. The Morgan fingerprint density at radius 2 is 2.25 bits per heavy atom. The molecule has 1 aromatic heterocycles. The minimum Gasteiger partial charge on any atom is -0.493 e. The second-order valence-electron chi connectivity index (χ2n) is 6.18. The van der Waals surface area contributed by atoms with Crippen LogP contribution in [0.3, 0.4) is 0 Å². The molecule has 0 bridgehead atoms. The zero-order chi connectivity index (χ0) is 16.9. The molecule has 0 radical (unpaired) electrons. The number of benzene rings is 1. The molecule has 1 saturated heterocycles. The van der Waals surface area contributed by atoms with Gasteiger partial charge in [0.25, 0.3) is 5.56 Å². The van der Waals surface area contributed by atoms with Gasteiger partial charge in [-0.3, -0.25) is 4.79 Å². The molecule has 2 heterocycles. The highest BCUT2D eigenvalue weighted by Gasteiger charge is 2.19. The van der Waals surface area contributed by atoms with Crippen molar-refractivity contribution >= 4 is 0 Å². The lowest BCUT2D eigenvalue weighted by Gasteiger charge is -2.20. The molecule has 3 rings (SSSR count). The van der Waals surface area contributed by atoms with Crippen LogP contribution in [0.5, 0.6) is 5.75 Å². The van der Waals surface area contributed by atoms with E-state index in [9.17, 15) is 9.18 Å². The smallest absolute Gasteiger partial charge is 0.264 e. The van der Waals surface area contributed by atoms with Crippen molar-refractivity contribution in [1.29, 1.82) is 0 Å². The molecule has 1 fully saturated rings. The molecule has 1 unspecified atom stereocenters. The van der Waals surface area contributed by atoms with Gasteiger partial charge in [0.05, 0.1) is 12.3 Å². The summed E-state index contributed by atoms with van der Waals surface area (Å²) >= 11 is 0. The van der Waals surface area contributed by atoms with Crippen molar-refractivity contribution in [3.05, 3.63) is 46.5 Å². The summed E-state index contributed by atoms with van der Waals surface area (Å²) in [6, 6.07) is 8.19. The van der Waals surface area contributed by atoms with Crippen molar-refractivity contribution in [3.63, 3.8) is 0 Å². The maximum Gasteiger partial charge on any atom is 0.264 e. The maximum absolute atomic E-state index is 14.2. The largest absolute Gasteiger partial charge is 0.493 e. The summed E-state index contributed by atoms with van der Waals surface area (Å²) in [4.78, 5) is 13.5. The highest BCUT2D eigenvalue weighted by atomic mass is 19.1. The summed E-state index contributed by atoms with van der Waals surface area (Å²) in [5.74, 6) is 0.0929.